The van der Waals surface area contributed by atoms with Crippen LogP contribution in [0, 0.1) is 11.8 Å². The topological polar surface area (TPSA) is 115 Å². The molecule has 2 amide bonds. The molecule has 0 spiro atoms. The molecule has 2 saturated carbocycles. The number of aromatic nitrogens is 1. The minimum Gasteiger partial charge on any atom is -0.475 e. The molecule has 4 bridgehead atoms. The van der Waals surface area contributed by atoms with Gasteiger partial charge in [-0.1, -0.05) is 48.5 Å². The standard InChI is InChI=1S/C43H53N5O2.C2HF3O2/c49-42(45-32-13-9-28(10-14-32)21-23-47-38-17-18-39(47)35-6-2-1-5-34(35)38)30-25-31(27-44-26-30)43(50)46-33-15-11-29(12-16-33)22-24-48-40-19-20-41(48)37-8-4-3-7-36(37)40;3-2(4,5)1(6)7/h1-8,25-29,32-33,38-41H,9-24H2,(H,45,49)(H,46,50);(H,6,7)/t28-,29-,32-,33-,38-,39+,40-,41+;. The molecule has 304 valence electrons. The van der Waals surface area contributed by atoms with E-state index in [4.69, 9.17) is 9.90 Å². The Morgan fingerprint density at radius 1 is 0.596 bits per heavy atom. The number of nitrogens with zero attached hydrogens (tertiary/aromatic N) is 3. The van der Waals surface area contributed by atoms with Crippen LogP contribution in [-0.2, 0) is 4.79 Å². The molecular weight excluding hydrogens is 732 g/mol. The first-order valence-electron chi connectivity index (χ1n) is 21.1. The third-order valence-corrected chi connectivity index (χ3v) is 13.9. The van der Waals surface area contributed by atoms with Gasteiger partial charge in [-0.2, -0.15) is 13.2 Å². The summed E-state index contributed by atoms with van der Waals surface area (Å²) >= 11 is 0. The number of nitrogens with one attached hydrogen (secondary N) is 2. The van der Waals surface area contributed by atoms with E-state index in [9.17, 15) is 22.8 Å². The van der Waals surface area contributed by atoms with Crippen molar-refractivity contribution in [2.45, 2.75) is 132 Å². The van der Waals surface area contributed by atoms with Gasteiger partial charge in [0, 0.05) is 48.6 Å². The molecule has 3 N–H and O–H groups in total. The first kappa shape index (κ1) is 39.5. The molecule has 1 aromatic heterocycles. The van der Waals surface area contributed by atoms with Gasteiger partial charge in [0.15, 0.2) is 0 Å². The highest BCUT2D eigenvalue weighted by molar-refractivity contribution is 5.99. The second-order valence-electron chi connectivity index (χ2n) is 17.2. The molecule has 9 rings (SSSR count). The maximum atomic E-state index is 13.3. The lowest BCUT2D eigenvalue weighted by Crippen LogP contribution is -2.39. The van der Waals surface area contributed by atoms with Crippen LogP contribution in [0.4, 0.5) is 13.2 Å². The van der Waals surface area contributed by atoms with E-state index in [1.54, 1.807) is 40.7 Å². The highest BCUT2D eigenvalue weighted by atomic mass is 19.4. The van der Waals surface area contributed by atoms with Crippen LogP contribution in [0.5, 0.6) is 0 Å². The van der Waals surface area contributed by atoms with E-state index in [1.807, 2.05) is 0 Å². The summed E-state index contributed by atoms with van der Waals surface area (Å²) < 4.78 is 31.7. The molecule has 2 aromatic carbocycles. The highest BCUT2D eigenvalue weighted by Gasteiger charge is 2.44. The number of rotatable bonds is 10. The van der Waals surface area contributed by atoms with Crippen molar-refractivity contribution in [3.05, 3.63) is 100 Å². The molecule has 4 aliphatic heterocycles. The number of aliphatic carboxylic acids is 1. The predicted molar refractivity (Wildman–Crippen MR) is 209 cm³/mol. The molecule has 2 aliphatic carbocycles. The monoisotopic (exact) mass is 785 g/mol. The maximum Gasteiger partial charge on any atom is 0.490 e. The fourth-order valence-electron chi connectivity index (χ4n) is 11.0. The summed E-state index contributed by atoms with van der Waals surface area (Å²) in [4.78, 5) is 45.2. The van der Waals surface area contributed by atoms with E-state index in [0.29, 0.717) is 35.3 Å². The summed E-state index contributed by atoms with van der Waals surface area (Å²) in [7, 11) is 0. The van der Waals surface area contributed by atoms with Crippen LogP contribution in [0.1, 0.15) is 157 Å². The average Bonchev–Trinajstić information content (AvgIpc) is 3.98. The Morgan fingerprint density at radius 2 is 0.930 bits per heavy atom. The van der Waals surface area contributed by atoms with Gasteiger partial charge in [-0.15, -0.1) is 0 Å². The normalized spacial score (nSPS) is 28.9. The molecule has 5 heterocycles. The van der Waals surface area contributed by atoms with E-state index < -0.39 is 12.1 Å². The summed E-state index contributed by atoms with van der Waals surface area (Å²) in [6.07, 6.45) is 14.5. The van der Waals surface area contributed by atoms with Crippen LogP contribution in [-0.4, -0.2) is 69.0 Å². The van der Waals surface area contributed by atoms with Crippen molar-refractivity contribution in [1.82, 2.24) is 25.4 Å². The third kappa shape index (κ3) is 8.63. The largest absolute Gasteiger partial charge is 0.490 e. The van der Waals surface area contributed by atoms with E-state index in [1.165, 1.54) is 51.6 Å². The van der Waals surface area contributed by atoms with Crippen LogP contribution in [0.15, 0.2) is 67.0 Å². The summed E-state index contributed by atoms with van der Waals surface area (Å²) in [5, 5.41) is 13.7. The minimum absolute atomic E-state index is 0.114. The average molecular weight is 786 g/mol. The van der Waals surface area contributed by atoms with Crippen molar-refractivity contribution in [3.63, 3.8) is 0 Å². The third-order valence-electron chi connectivity index (χ3n) is 13.9. The van der Waals surface area contributed by atoms with Crippen molar-refractivity contribution < 1.29 is 32.7 Å². The molecule has 9 nitrogen and oxygen atoms in total. The van der Waals surface area contributed by atoms with Gasteiger partial charge in [-0.25, -0.2) is 4.79 Å². The van der Waals surface area contributed by atoms with Crippen LogP contribution in [0.25, 0.3) is 0 Å². The Bertz CT molecular complexity index is 1740. The Balaban J connectivity index is 0.000000598. The van der Waals surface area contributed by atoms with E-state index in [-0.39, 0.29) is 23.9 Å². The molecule has 57 heavy (non-hydrogen) atoms. The zero-order valence-electron chi connectivity index (χ0n) is 32.4. The van der Waals surface area contributed by atoms with Crippen LogP contribution < -0.4 is 10.6 Å². The zero-order chi connectivity index (χ0) is 39.7. The highest BCUT2D eigenvalue weighted by Crippen LogP contribution is 2.54. The lowest BCUT2D eigenvalue weighted by molar-refractivity contribution is -0.192. The van der Waals surface area contributed by atoms with Gasteiger partial charge in [0.05, 0.1) is 11.1 Å². The zero-order valence-corrected chi connectivity index (χ0v) is 32.4. The Hall–Kier alpha value is -4.29. The molecule has 12 heteroatoms. The first-order chi connectivity index (χ1) is 27.5. The maximum absolute atomic E-state index is 13.3. The molecule has 0 unspecified atom stereocenters. The number of carbonyl (C=O) groups excluding carboxylic acids is 2. The van der Waals surface area contributed by atoms with Gasteiger partial charge in [0.1, 0.15) is 0 Å². The number of hydrogen-bond donors (Lipinski definition) is 3. The van der Waals surface area contributed by atoms with Gasteiger partial charge in [0.2, 0.25) is 0 Å². The van der Waals surface area contributed by atoms with Crippen molar-refractivity contribution >= 4 is 17.8 Å². The number of carboxylic acids is 1. The lowest BCUT2D eigenvalue weighted by atomic mass is 9.84. The summed E-state index contributed by atoms with van der Waals surface area (Å²) in [6.45, 7) is 2.37. The number of pyridine rings is 1. The van der Waals surface area contributed by atoms with Gasteiger partial charge >= 0.3 is 12.1 Å². The van der Waals surface area contributed by atoms with Crippen LogP contribution >= 0.6 is 0 Å². The van der Waals surface area contributed by atoms with Gasteiger partial charge < -0.3 is 15.7 Å². The number of carbonyl (C=O) groups is 3. The molecule has 4 atom stereocenters. The predicted octanol–water partition coefficient (Wildman–Crippen LogP) is 8.86. The number of alkyl halides is 3. The quantitative estimate of drug-likeness (QED) is 0.188. The molecule has 4 fully saturated rings. The van der Waals surface area contributed by atoms with Crippen LogP contribution in [0.3, 0.4) is 0 Å². The number of hydrogen-bond acceptors (Lipinski definition) is 6. The molecular formula is C45H54F3N5O4. The van der Waals surface area contributed by atoms with Crippen molar-refractivity contribution in [1.29, 1.82) is 0 Å². The summed E-state index contributed by atoms with van der Waals surface area (Å²) in [6, 6.07) is 22.7. The lowest BCUT2D eigenvalue weighted by Gasteiger charge is -2.31. The fraction of sp³-hybridized carbons (Fsp3) is 0.556. The van der Waals surface area contributed by atoms with Crippen molar-refractivity contribution in [2.75, 3.05) is 13.1 Å². The Kier molecular flexibility index (Phi) is 11.7. The second-order valence-corrected chi connectivity index (χ2v) is 17.2. The second kappa shape index (κ2) is 16.9. The summed E-state index contributed by atoms with van der Waals surface area (Å²) in [5.74, 6) is -1.53. The van der Waals surface area contributed by atoms with Gasteiger partial charge in [-0.3, -0.25) is 24.4 Å². The number of halogens is 3. The van der Waals surface area contributed by atoms with Gasteiger partial charge in [0.25, 0.3) is 11.8 Å². The number of benzene rings is 2. The Morgan fingerprint density at radius 3 is 1.25 bits per heavy atom. The van der Waals surface area contributed by atoms with Crippen molar-refractivity contribution in [3.8, 4) is 0 Å². The first-order valence-corrected chi connectivity index (χ1v) is 21.1. The molecule has 0 radical (unpaired) electrons. The van der Waals surface area contributed by atoms with Crippen molar-refractivity contribution in [2.24, 2.45) is 11.8 Å². The number of fused-ring (bicyclic) bond motifs is 10. The fourth-order valence-corrected chi connectivity index (χ4v) is 11.0. The number of carboxylic acid groups (broad SMARTS) is 1. The van der Waals surface area contributed by atoms with E-state index in [2.05, 4.69) is 73.9 Å². The molecule has 6 aliphatic rings. The minimum atomic E-state index is -5.08. The molecule has 2 saturated heterocycles. The van der Waals surface area contributed by atoms with E-state index >= 15 is 0 Å². The number of amides is 2. The van der Waals surface area contributed by atoms with E-state index in [0.717, 1.165) is 63.2 Å². The molecule has 3 aromatic rings. The Labute approximate surface area is 332 Å². The van der Waals surface area contributed by atoms with Gasteiger partial charge in [-0.05, 0) is 143 Å². The van der Waals surface area contributed by atoms with Crippen LogP contribution in [0.2, 0.25) is 0 Å². The summed E-state index contributed by atoms with van der Waals surface area (Å²) in [5.41, 5.74) is 7.22. The SMILES string of the molecule is O=C(N[C@H]1CC[C@H](CCN2[C@@H]3CC[C@H]2c2ccccc23)CC1)c1cncc(C(=O)N[C@H]2CC[C@H](CCN3[C@@H]4CC[C@H]3c3ccccc34)CC2)c1.O=C(O)C(F)(F)F. The smallest absolute Gasteiger partial charge is 0.475 e.